The van der Waals surface area contributed by atoms with Gasteiger partial charge in [0.2, 0.25) is 8.32 Å². The summed E-state index contributed by atoms with van der Waals surface area (Å²) in [4.78, 5) is 0. The molecule has 1 N–H and O–H groups in total. The molecule has 0 radical (unpaired) electrons. The van der Waals surface area contributed by atoms with E-state index in [9.17, 15) is 30.2 Å². The fourth-order valence-corrected chi connectivity index (χ4v) is 4.00. The third kappa shape index (κ3) is 8.17. The lowest BCUT2D eigenvalue weighted by atomic mass is 10.2. The zero-order chi connectivity index (χ0) is 17.1. The molecule has 0 aromatic carbocycles. The van der Waals surface area contributed by atoms with E-state index < -0.39 is 55.1 Å². The number of hydrogen-bond donors (Lipinski definition) is 1. The first-order chi connectivity index (χ1) is 9.08. The first-order valence-corrected chi connectivity index (χ1v) is 11.0. The minimum atomic E-state index is -4.96. The topological polar surface area (TPSA) is 99.1 Å². The van der Waals surface area contributed by atoms with Gasteiger partial charge in [0.1, 0.15) is 13.2 Å². The molecule has 0 spiro atoms. The lowest BCUT2D eigenvalue weighted by molar-refractivity contribution is -0.232. The van der Waals surface area contributed by atoms with E-state index in [4.69, 9.17) is 4.55 Å². The molecule has 21 heavy (non-hydrogen) atoms. The summed E-state index contributed by atoms with van der Waals surface area (Å²) >= 11 is -3.17. The van der Waals surface area contributed by atoms with Gasteiger partial charge in [-0.1, -0.05) is 0 Å². The summed E-state index contributed by atoms with van der Waals surface area (Å²) < 4.78 is 105. The Labute approximate surface area is 122 Å². The van der Waals surface area contributed by atoms with E-state index in [1.165, 1.54) is 19.6 Å². The minimum Gasteiger partial charge on any atom is -0.294 e. The molecule has 128 valence electrons. The molecule has 0 aliphatic rings. The second kappa shape index (κ2) is 6.97. The van der Waals surface area contributed by atoms with Crippen molar-refractivity contribution in [2.75, 3.05) is 13.2 Å². The molecule has 0 aromatic heterocycles. The highest BCUT2D eigenvalue weighted by atomic mass is 32.3. The first-order valence-electron chi connectivity index (χ1n) is 5.18. The normalized spacial score (nSPS) is 16.0. The van der Waals surface area contributed by atoms with E-state index in [-0.39, 0.29) is 0 Å². The average molecular weight is 378 g/mol. The second-order valence-corrected chi connectivity index (χ2v) is 11.4. The fourth-order valence-electron chi connectivity index (χ4n) is 0.812. The highest BCUT2D eigenvalue weighted by molar-refractivity contribution is 7.83. The van der Waals surface area contributed by atoms with Crippen LogP contribution in [0.4, 0.5) is 17.6 Å². The summed E-state index contributed by atoms with van der Waals surface area (Å²) in [6, 6.07) is 0. The number of rotatable bonds is 9. The third-order valence-electron chi connectivity index (χ3n) is 1.61. The Morgan fingerprint density at radius 2 is 1.52 bits per heavy atom. The van der Waals surface area contributed by atoms with E-state index in [1.807, 2.05) is 0 Å². The van der Waals surface area contributed by atoms with Gasteiger partial charge in [-0.3, -0.25) is 12.6 Å². The predicted octanol–water partition coefficient (Wildman–Crippen LogP) is 1.52. The van der Waals surface area contributed by atoms with Gasteiger partial charge in [-0.05, 0) is 19.6 Å². The smallest absolute Gasteiger partial charge is 0.294 e. The summed E-state index contributed by atoms with van der Waals surface area (Å²) in [6.45, 7) is -0.0726. The molecule has 0 aromatic rings. The molecule has 0 rings (SSSR count). The summed E-state index contributed by atoms with van der Waals surface area (Å²) in [5.74, 6) is -9.87. The van der Waals surface area contributed by atoms with Crippen LogP contribution in [0.15, 0.2) is 0 Å². The van der Waals surface area contributed by atoms with Crippen LogP contribution in [0.1, 0.15) is 0 Å². The molecule has 0 aliphatic carbocycles. The van der Waals surface area contributed by atoms with Crippen LogP contribution in [-0.2, 0) is 34.0 Å². The monoisotopic (exact) mass is 378 g/mol. The second-order valence-electron chi connectivity index (χ2n) is 4.75. The average Bonchev–Trinajstić information content (AvgIpc) is 2.20. The molecule has 0 amide bonds. The van der Waals surface area contributed by atoms with Gasteiger partial charge in [0, 0.05) is 0 Å². The summed E-state index contributed by atoms with van der Waals surface area (Å²) in [5, 5.41) is 0. The maximum absolute atomic E-state index is 13.2. The molecule has 0 bridgehead atoms. The van der Waals surface area contributed by atoms with Crippen molar-refractivity contribution < 1.29 is 47.0 Å². The molecule has 0 saturated heterocycles. The van der Waals surface area contributed by atoms with E-state index in [0.717, 1.165) is 0 Å². The molecular formula is C7H14F4O7S2Si. The maximum atomic E-state index is 13.2. The Kier molecular flexibility index (Phi) is 6.93. The van der Waals surface area contributed by atoms with Crippen LogP contribution >= 0.6 is 0 Å². The summed E-state index contributed by atoms with van der Waals surface area (Å²) in [6.07, 6.45) is 0. The van der Waals surface area contributed by atoms with Gasteiger partial charge in [0.15, 0.2) is 0 Å². The molecule has 0 saturated carbocycles. The predicted molar refractivity (Wildman–Crippen MR) is 65.9 cm³/mol. The van der Waals surface area contributed by atoms with Crippen molar-refractivity contribution in [3.63, 3.8) is 0 Å². The van der Waals surface area contributed by atoms with E-state index in [2.05, 4.69) is 12.2 Å². The van der Waals surface area contributed by atoms with Gasteiger partial charge in [0.25, 0.3) is 0 Å². The van der Waals surface area contributed by atoms with Crippen LogP contribution in [0, 0.1) is 0 Å². The molecule has 0 aliphatic heterocycles. The lowest BCUT2D eigenvalue weighted by Gasteiger charge is -2.25. The first kappa shape index (κ1) is 20.9. The van der Waals surface area contributed by atoms with Crippen molar-refractivity contribution >= 4 is 30.1 Å². The van der Waals surface area contributed by atoms with Crippen molar-refractivity contribution in [3.05, 3.63) is 0 Å². The van der Waals surface area contributed by atoms with Gasteiger partial charge in [-0.2, -0.15) is 30.2 Å². The standard InChI is InChI=1S/C7H14F4O7S2Si/c1-21(2,3)18-20(14,15)17-5-7(10,11)6(8,9)4-16-19(12)13/h4-5H2,1-3H3,(H,12,13). The Hall–Kier alpha value is -0.123. The van der Waals surface area contributed by atoms with Crippen LogP contribution in [0.3, 0.4) is 0 Å². The molecule has 14 heteroatoms. The van der Waals surface area contributed by atoms with Crippen LogP contribution in [0.5, 0.6) is 0 Å². The zero-order valence-electron chi connectivity index (χ0n) is 11.1. The molecule has 1 atom stereocenters. The van der Waals surface area contributed by atoms with Crippen molar-refractivity contribution in [1.82, 2.24) is 0 Å². The highest BCUT2D eigenvalue weighted by Gasteiger charge is 2.58. The van der Waals surface area contributed by atoms with E-state index >= 15 is 0 Å². The molecule has 1 unspecified atom stereocenters. The number of hydrogen-bond acceptors (Lipinski definition) is 6. The Morgan fingerprint density at radius 1 is 1.10 bits per heavy atom. The van der Waals surface area contributed by atoms with E-state index in [0.29, 0.717) is 0 Å². The third-order valence-corrected chi connectivity index (χ3v) is 5.16. The van der Waals surface area contributed by atoms with Crippen molar-refractivity contribution in [2.45, 2.75) is 31.5 Å². The number of halogens is 4. The van der Waals surface area contributed by atoms with Gasteiger partial charge in [-0.15, -0.1) is 0 Å². The van der Waals surface area contributed by atoms with Gasteiger partial charge in [0.05, 0.1) is 0 Å². The van der Waals surface area contributed by atoms with Crippen molar-refractivity contribution in [3.8, 4) is 0 Å². The van der Waals surface area contributed by atoms with Crippen LogP contribution < -0.4 is 0 Å². The Bertz CT molecular complexity index is 476. The Morgan fingerprint density at radius 3 is 1.90 bits per heavy atom. The minimum absolute atomic E-state index is 1.41. The molecule has 7 nitrogen and oxygen atoms in total. The largest absolute Gasteiger partial charge is 0.390 e. The van der Waals surface area contributed by atoms with Crippen LogP contribution in [0.2, 0.25) is 19.6 Å². The zero-order valence-corrected chi connectivity index (χ0v) is 13.8. The summed E-state index contributed by atoms with van der Waals surface area (Å²) in [5.41, 5.74) is 0. The summed E-state index contributed by atoms with van der Waals surface area (Å²) in [7, 11) is -7.57. The lowest BCUT2D eigenvalue weighted by Crippen LogP contribution is -2.48. The van der Waals surface area contributed by atoms with Crippen LogP contribution in [0.25, 0.3) is 0 Å². The van der Waals surface area contributed by atoms with Gasteiger partial charge >= 0.3 is 33.6 Å². The Balaban J connectivity index is 4.77. The fraction of sp³-hybridized carbons (Fsp3) is 1.00. The quantitative estimate of drug-likeness (QED) is 0.369. The van der Waals surface area contributed by atoms with Crippen molar-refractivity contribution in [1.29, 1.82) is 0 Å². The van der Waals surface area contributed by atoms with Crippen molar-refractivity contribution in [2.24, 2.45) is 0 Å². The molecule has 0 fully saturated rings. The maximum Gasteiger partial charge on any atom is 0.390 e. The SMILES string of the molecule is C[Si](C)(C)OS(=O)(=O)OCC(F)(F)C(F)(F)COS(=O)O. The number of alkyl halides is 4. The highest BCUT2D eigenvalue weighted by Crippen LogP contribution is 2.35. The molecular weight excluding hydrogens is 364 g/mol. The van der Waals surface area contributed by atoms with Crippen LogP contribution in [-0.4, -0.2) is 50.6 Å². The van der Waals surface area contributed by atoms with Gasteiger partial charge < -0.3 is 0 Å². The van der Waals surface area contributed by atoms with E-state index in [1.54, 1.807) is 0 Å². The van der Waals surface area contributed by atoms with Gasteiger partial charge in [-0.25, -0.2) is 4.18 Å². The molecule has 0 heterocycles.